The Morgan fingerprint density at radius 2 is 1.89 bits per heavy atom. The fourth-order valence-corrected chi connectivity index (χ4v) is 3.34. The van der Waals surface area contributed by atoms with E-state index in [-0.39, 0.29) is 11.6 Å². The highest BCUT2D eigenvalue weighted by Crippen LogP contribution is 2.41. The number of methoxy groups -OCH3 is 1. The molecule has 0 saturated heterocycles. The normalized spacial score (nSPS) is 23.5. The van der Waals surface area contributed by atoms with Crippen LogP contribution >= 0.6 is 0 Å². The molecule has 0 spiro atoms. The lowest BCUT2D eigenvalue weighted by molar-refractivity contribution is -0.0816. The summed E-state index contributed by atoms with van der Waals surface area (Å²) in [6, 6.07) is 9.11. The second-order valence-electron chi connectivity index (χ2n) is 6.35. The second-order valence-corrected chi connectivity index (χ2v) is 6.35. The van der Waals surface area contributed by atoms with Gasteiger partial charge in [-0.15, -0.1) is 0 Å². The summed E-state index contributed by atoms with van der Waals surface area (Å²) >= 11 is 0. The number of nitrogens with two attached hydrogens (primary N) is 1. The molecule has 0 bridgehead atoms. The van der Waals surface area contributed by atoms with Crippen molar-refractivity contribution in [3.8, 4) is 0 Å². The molecule has 104 valence electrons. The van der Waals surface area contributed by atoms with Crippen LogP contribution in [0.25, 0.3) is 0 Å². The Labute approximate surface area is 116 Å². The summed E-state index contributed by atoms with van der Waals surface area (Å²) in [6.07, 6.45) is 8.67. The van der Waals surface area contributed by atoms with Crippen molar-refractivity contribution in [2.24, 2.45) is 5.73 Å². The Kier molecular flexibility index (Phi) is 3.64. The molecule has 1 atom stereocenters. The van der Waals surface area contributed by atoms with E-state index in [1.54, 1.807) is 0 Å². The molecule has 1 aromatic carbocycles. The zero-order chi connectivity index (χ0) is 13.3. The van der Waals surface area contributed by atoms with Gasteiger partial charge in [-0.25, -0.2) is 0 Å². The number of hydrogen-bond donors (Lipinski definition) is 1. The van der Waals surface area contributed by atoms with Gasteiger partial charge in [-0.05, 0) is 55.6 Å². The van der Waals surface area contributed by atoms with E-state index in [1.807, 2.05) is 7.11 Å². The molecule has 2 saturated carbocycles. The third-order valence-electron chi connectivity index (χ3n) is 5.23. The molecule has 1 aromatic rings. The fourth-order valence-electron chi connectivity index (χ4n) is 3.34. The van der Waals surface area contributed by atoms with Crippen molar-refractivity contribution < 1.29 is 4.74 Å². The summed E-state index contributed by atoms with van der Waals surface area (Å²) in [5.41, 5.74) is 9.17. The van der Waals surface area contributed by atoms with Gasteiger partial charge >= 0.3 is 0 Å². The Hall–Kier alpha value is -0.860. The maximum atomic E-state index is 6.36. The molecule has 0 radical (unpaired) electrons. The molecule has 2 nitrogen and oxygen atoms in total. The van der Waals surface area contributed by atoms with Crippen LogP contribution in [-0.4, -0.2) is 12.7 Å². The molecular weight excluding hydrogens is 234 g/mol. The van der Waals surface area contributed by atoms with E-state index in [4.69, 9.17) is 10.5 Å². The highest BCUT2D eigenvalue weighted by Gasteiger charge is 2.38. The molecule has 2 aliphatic carbocycles. The maximum Gasteiger partial charge on any atom is 0.0696 e. The first-order valence-electron chi connectivity index (χ1n) is 7.63. The molecule has 3 rings (SSSR count). The summed E-state index contributed by atoms with van der Waals surface area (Å²) in [4.78, 5) is 0. The quantitative estimate of drug-likeness (QED) is 0.870. The highest BCUT2D eigenvalue weighted by molar-refractivity contribution is 5.28. The first kappa shape index (κ1) is 13.1. The Morgan fingerprint density at radius 3 is 2.32 bits per heavy atom. The predicted octanol–water partition coefficient (Wildman–Crippen LogP) is 3.91. The van der Waals surface area contributed by atoms with Gasteiger partial charge in [0.1, 0.15) is 0 Å². The van der Waals surface area contributed by atoms with Gasteiger partial charge in [0.05, 0.1) is 5.60 Å². The minimum atomic E-state index is 0.0616. The molecule has 0 aliphatic heterocycles. The van der Waals surface area contributed by atoms with Crippen molar-refractivity contribution in [1.82, 2.24) is 0 Å². The molecule has 1 unspecified atom stereocenters. The lowest BCUT2D eigenvalue weighted by atomic mass is 9.74. The predicted molar refractivity (Wildman–Crippen MR) is 78.2 cm³/mol. The van der Waals surface area contributed by atoms with Crippen LogP contribution in [0.3, 0.4) is 0 Å². The van der Waals surface area contributed by atoms with E-state index in [2.05, 4.69) is 24.3 Å². The third kappa shape index (κ3) is 2.56. The van der Waals surface area contributed by atoms with E-state index in [0.717, 1.165) is 25.2 Å². The van der Waals surface area contributed by atoms with Crippen molar-refractivity contribution in [2.75, 3.05) is 7.11 Å². The van der Waals surface area contributed by atoms with Crippen LogP contribution in [0.5, 0.6) is 0 Å². The van der Waals surface area contributed by atoms with Crippen molar-refractivity contribution in [1.29, 1.82) is 0 Å². The van der Waals surface area contributed by atoms with Crippen molar-refractivity contribution in [3.63, 3.8) is 0 Å². The molecule has 0 amide bonds. The average Bonchev–Trinajstić information content (AvgIpc) is 2.32. The van der Waals surface area contributed by atoms with Gasteiger partial charge in [0.2, 0.25) is 0 Å². The van der Waals surface area contributed by atoms with Crippen LogP contribution < -0.4 is 5.73 Å². The lowest BCUT2D eigenvalue weighted by Crippen LogP contribution is -2.41. The number of ether oxygens (including phenoxy) is 1. The Bertz CT molecular complexity index is 412. The molecular formula is C17H25NO. The second kappa shape index (κ2) is 5.26. The fraction of sp³-hybridized carbons (Fsp3) is 0.647. The van der Waals surface area contributed by atoms with E-state index in [1.165, 1.54) is 36.8 Å². The Morgan fingerprint density at radius 1 is 1.21 bits per heavy atom. The van der Waals surface area contributed by atoms with Gasteiger partial charge in [0, 0.05) is 13.2 Å². The molecule has 2 N–H and O–H groups in total. The standard InChI is InChI=1S/C17H25NO/c1-19-17(10-3-11-17)12-16(18)15-8-6-14(7-9-15)13-4-2-5-13/h6-9,13,16H,2-5,10-12,18H2,1H3. The summed E-state index contributed by atoms with van der Waals surface area (Å²) in [5, 5.41) is 0. The number of rotatable bonds is 5. The summed E-state index contributed by atoms with van der Waals surface area (Å²) in [5.74, 6) is 0.808. The first-order valence-corrected chi connectivity index (χ1v) is 7.63. The van der Waals surface area contributed by atoms with Crippen LogP contribution in [0.4, 0.5) is 0 Å². The minimum Gasteiger partial charge on any atom is -0.378 e. The number of benzene rings is 1. The van der Waals surface area contributed by atoms with Crippen LogP contribution in [-0.2, 0) is 4.74 Å². The summed E-state index contributed by atoms with van der Waals surface area (Å²) in [7, 11) is 1.82. The lowest BCUT2D eigenvalue weighted by Gasteiger charge is -2.42. The van der Waals surface area contributed by atoms with Crippen molar-refractivity contribution >= 4 is 0 Å². The monoisotopic (exact) mass is 259 g/mol. The Balaban J connectivity index is 1.64. The molecule has 2 fully saturated rings. The molecule has 2 aliphatic rings. The number of hydrogen-bond acceptors (Lipinski definition) is 2. The third-order valence-corrected chi connectivity index (χ3v) is 5.23. The average molecular weight is 259 g/mol. The van der Waals surface area contributed by atoms with Crippen LogP contribution in [0.2, 0.25) is 0 Å². The van der Waals surface area contributed by atoms with Crippen molar-refractivity contribution in [3.05, 3.63) is 35.4 Å². The SMILES string of the molecule is COC1(CC(N)c2ccc(C3CCC3)cc2)CCC1. The summed E-state index contributed by atoms with van der Waals surface area (Å²) in [6.45, 7) is 0. The largest absolute Gasteiger partial charge is 0.378 e. The molecule has 19 heavy (non-hydrogen) atoms. The maximum absolute atomic E-state index is 6.36. The molecule has 2 heteroatoms. The van der Waals surface area contributed by atoms with Gasteiger partial charge < -0.3 is 10.5 Å². The summed E-state index contributed by atoms with van der Waals surface area (Å²) < 4.78 is 5.67. The van der Waals surface area contributed by atoms with Crippen molar-refractivity contribution in [2.45, 2.75) is 62.5 Å². The highest BCUT2D eigenvalue weighted by atomic mass is 16.5. The molecule has 0 heterocycles. The van der Waals surface area contributed by atoms with E-state index < -0.39 is 0 Å². The van der Waals surface area contributed by atoms with Gasteiger partial charge in [-0.3, -0.25) is 0 Å². The zero-order valence-corrected chi connectivity index (χ0v) is 11.9. The van der Waals surface area contributed by atoms with Gasteiger partial charge in [-0.1, -0.05) is 30.7 Å². The van der Waals surface area contributed by atoms with Crippen LogP contribution in [0.15, 0.2) is 24.3 Å². The van der Waals surface area contributed by atoms with Gasteiger partial charge in [0.15, 0.2) is 0 Å². The van der Waals surface area contributed by atoms with E-state index in [0.29, 0.717) is 0 Å². The van der Waals surface area contributed by atoms with E-state index in [9.17, 15) is 0 Å². The minimum absolute atomic E-state index is 0.0616. The zero-order valence-electron chi connectivity index (χ0n) is 11.9. The van der Waals surface area contributed by atoms with Gasteiger partial charge in [0.25, 0.3) is 0 Å². The smallest absolute Gasteiger partial charge is 0.0696 e. The molecule has 0 aromatic heterocycles. The van der Waals surface area contributed by atoms with Crippen LogP contribution in [0.1, 0.15) is 68.0 Å². The van der Waals surface area contributed by atoms with E-state index >= 15 is 0 Å². The van der Waals surface area contributed by atoms with Gasteiger partial charge in [-0.2, -0.15) is 0 Å². The first-order chi connectivity index (χ1) is 9.22. The van der Waals surface area contributed by atoms with Crippen LogP contribution in [0, 0.1) is 0 Å². The topological polar surface area (TPSA) is 35.2 Å².